The molecule has 1 nitrogen and oxygen atoms in total. The van der Waals surface area contributed by atoms with E-state index in [1.165, 1.54) is 0 Å². The van der Waals surface area contributed by atoms with E-state index in [1.807, 2.05) is 6.92 Å². The van der Waals surface area contributed by atoms with Crippen LogP contribution in [-0.4, -0.2) is 5.11 Å². The zero-order valence-corrected chi connectivity index (χ0v) is 5.26. The van der Waals surface area contributed by atoms with Crippen molar-refractivity contribution in [1.29, 1.82) is 0 Å². The van der Waals surface area contributed by atoms with Crippen LogP contribution in [0, 0.1) is 6.92 Å². The summed E-state index contributed by atoms with van der Waals surface area (Å²) in [6.07, 6.45) is 0. The van der Waals surface area contributed by atoms with E-state index in [0.29, 0.717) is 5.56 Å². The molecular formula is C8H10O. The molecule has 1 heteroatoms. The van der Waals surface area contributed by atoms with Crippen LogP contribution in [0.25, 0.3) is 0 Å². The zero-order valence-electron chi connectivity index (χ0n) is 7.26. The summed E-state index contributed by atoms with van der Waals surface area (Å²) in [4.78, 5) is 0. The normalized spacial score (nSPS) is 14.4. The van der Waals surface area contributed by atoms with Crippen LogP contribution in [0.2, 0.25) is 0 Å². The fourth-order valence-electron chi connectivity index (χ4n) is 0.628. The summed E-state index contributed by atoms with van der Waals surface area (Å²) >= 11 is 0. The summed E-state index contributed by atoms with van der Waals surface area (Å²) in [7, 11) is 0. The van der Waals surface area contributed by atoms with Crippen molar-refractivity contribution in [3.05, 3.63) is 35.4 Å². The average molecular weight is 124 g/mol. The van der Waals surface area contributed by atoms with Gasteiger partial charge in [-0.2, -0.15) is 0 Å². The third kappa shape index (κ3) is 1.54. The predicted octanol–water partition coefficient (Wildman–Crippen LogP) is 1.49. The second-order valence-corrected chi connectivity index (χ2v) is 1.98. The van der Waals surface area contributed by atoms with Gasteiger partial charge in [0.15, 0.2) is 0 Å². The molecule has 1 aromatic rings. The Bertz CT molecular complexity index is 235. The number of hydrogen-bond donors (Lipinski definition) is 1. The third-order valence-corrected chi connectivity index (χ3v) is 1.18. The van der Waals surface area contributed by atoms with Gasteiger partial charge >= 0.3 is 0 Å². The van der Waals surface area contributed by atoms with Gasteiger partial charge in [-0.15, -0.1) is 0 Å². The van der Waals surface area contributed by atoms with Gasteiger partial charge in [-0.1, -0.05) is 29.8 Å². The van der Waals surface area contributed by atoms with Crippen molar-refractivity contribution in [2.75, 3.05) is 0 Å². The van der Waals surface area contributed by atoms with Gasteiger partial charge in [0.2, 0.25) is 0 Å². The molecule has 1 N–H and O–H groups in total. The minimum Gasteiger partial charge on any atom is -0.392 e. The molecule has 48 valence electrons. The zero-order chi connectivity index (χ0) is 8.48. The number of benzene rings is 1. The summed E-state index contributed by atoms with van der Waals surface area (Å²) in [5, 5.41) is 8.91. The van der Waals surface area contributed by atoms with Gasteiger partial charge in [-0.05, 0) is 12.5 Å². The van der Waals surface area contributed by atoms with Crippen LogP contribution in [0.5, 0.6) is 0 Å². The van der Waals surface area contributed by atoms with E-state index >= 15 is 0 Å². The largest absolute Gasteiger partial charge is 0.392 e. The summed E-state index contributed by atoms with van der Waals surface area (Å²) in [6, 6.07) is 6.69. The van der Waals surface area contributed by atoms with E-state index < -0.39 is 6.56 Å². The van der Waals surface area contributed by atoms with E-state index in [2.05, 4.69) is 0 Å². The Morgan fingerprint density at radius 2 is 2.00 bits per heavy atom. The van der Waals surface area contributed by atoms with Gasteiger partial charge in [-0.25, -0.2) is 0 Å². The molecule has 1 rings (SSSR count). The smallest absolute Gasteiger partial charge is 0.0681 e. The van der Waals surface area contributed by atoms with E-state index in [-0.39, 0.29) is 0 Å². The lowest BCUT2D eigenvalue weighted by Crippen LogP contribution is -1.80. The van der Waals surface area contributed by atoms with Crippen LogP contribution >= 0.6 is 0 Å². The molecule has 0 aliphatic rings. The lowest BCUT2D eigenvalue weighted by atomic mass is 10.2. The van der Waals surface area contributed by atoms with Crippen molar-refractivity contribution >= 4 is 0 Å². The van der Waals surface area contributed by atoms with Gasteiger partial charge < -0.3 is 5.11 Å². The highest BCUT2D eigenvalue weighted by Gasteiger charge is 1.85. The minimum absolute atomic E-state index is 0.295. The lowest BCUT2D eigenvalue weighted by molar-refractivity contribution is 0.282. The quantitative estimate of drug-likeness (QED) is 0.601. The van der Waals surface area contributed by atoms with Crippen molar-refractivity contribution in [1.82, 2.24) is 0 Å². The summed E-state index contributed by atoms with van der Waals surface area (Å²) in [6.45, 7) is -0.301. The highest BCUT2D eigenvalue weighted by atomic mass is 16.3. The van der Waals surface area contributed by atoms with E-state index in [4.69, 9.17) is 7.85 Å². The summed E-state index contributed by atoms with van der Waals surface area (Å²) < 4.78 is 13.9. The molecule has 0 aliphatic carbocycles. The average Bonchev–Trinajstić information content (AvgIpc) is 1.86. The van der Waals surface area contributed by atoms with Crippen molar-refractivity contribution in [2.45, 2.75) is 13.5 Å². The maximum atomic E-state index is 8.91. The Morgan fingerprint density at radius 3 is 2.44 bits per heavy atom. The van der Waals surface area contributed by atoms with Crippen molar-refractivity contribution in [3.63, 3.8) is 0 Å². The lowest BCUT2D eigenvalue weighted by Gasteiger charge is -1.93. The molecule has 0 bridgehead atoms. The fourth-order valence-corrected chi connectivity index (χ4v) is 0.628. The van der Waals surface area contributed by atoms with Crippen LogP contribution in [0.3, 0.4) is 0 Å². The predicted molar refractivity (Wildman–Crippen MR) is 37.1 cm³/mol. The van der Waals surface area contributed by atoms with Crippen molar-refractivity contribution < 1.29 is 7.85 Å². The molecule has 0 radical (unpaired) electrons. The molecule has 0 aromatic heterocycles. The highest BCUT2D eigenvalue weighted by Crippen LogP contribution is 2.01. The van der Waals surface area contributed by atoms with Crippen molar-refractivity contribution in [2.24, 2.45) is 0 Å². The van der Waals surface area contributed by atoms with E-state index in [0.717, 1.165) is 5.56 Å². The fraction of sp³-hybridized carbons (Fsp3) is 0.250. The van der Waals surface area contributed by atoms with Crippen LogP contribution in [-0.2, 0) is 6.56 Å². The number of aliphatic hydroxyl groups is 1. The Balaban J connectivity index is 2.99. The molecular weight excluding hydrogens is 112 g/mol. The van der Waals surface area contributed by atoms with E-state index in [1.54, 1.807) is 24.3 Å². The maximum Gasteiger partial charge on any atom is 0.0681 e. The molecule has 0 atom stereocenters. The molecule has 0 saturated heterocycles. The maximum absolute atomic E-state index is 8.91. The summed E-state index contributed by atoms with van der Waals surface area (Å²) in [5.41, 5.74) is 1.35. The molecule has 1 aromatic carbocycles. The molecule has 0 heterocycles. The van der Waals surface area contributed by atoms with Crippen LogP contribution in [0.4, 0.5) is 0 Å². The number of hydrogen-bond acceptors (Lipinski definition) is 1. The Morgan fingerprint density at radius 1 is 1.44 bits per heavy atom. The standard InChI is InChI=1S/C8H10O/c1-7-2-4-8(6-9)5-3-7/h2-5,9H,6H2,1H3/i6D2. The topological polar surface area (TPSA) is 20.2 Å². The molecule has 0 aliphatic heterocycles. The second kappa shape index (κ2) is 2.65. The Hall–Kier alpha value is -0.820. The van der Waals surface area contributed by atoms with Gasteiger partial charge in [-0.3, -0.25) is 0 Å². The molecule has 0 unspecified atom stereocenters. The molecule has 9 heavy (non-hydrogen) atoms. The van der Waals surface area contributed by atoms with Crippen LogP contribution in [0.1, 0.15) is 13.9 Å². The van der Waals surface area contributed by atoms with E-state index in [9.17, 15) is 0 Å². The first-order valence-corrected chi connectivity index (χ1v) is 2.79. The number of aryl methyl sites for hydroxylation is 1. The minimum atomic E-state index is -2.21. The Kier molecular flexibility index (Phi) is 1.20. The van der Waals surface area contributed by atoms with Gasteiger partial charge in [0.1, 0.15) is 0 Å². The van der Waals surface area contributed by atoms with Gasteiger partial charge in [0.05, 0.1) is 9.30 Å². The third-order valence-electron chi connectivity index (χ3n) is 1.18. The first-order chi connectivity index (χ1) is 5.00. The SMILES string of the molecule is [2H]C([2H])(O)c1ccc(C)cc1. The first-order valence-electron chi connectivity index (χ1n) is 3.79. The summed E-state index contributed by atoms with van der Waals surface area (Å²) in [5.74, 6) is 0. The van der Waals surface area contributed by atoms with Crippen molar-refractivity contribution in [3.8, 4) is 0 Å². The second-order valence-electron chi connectivity index (χ2n) is 1.98. The first kappa shape index (κ1) is 4.07. The highest BCUT2D eigenvalue weighted by molar-refractivity contribution is 5.20. The molecule has 0 spiro atoms. The molecule has 0 amide bonds. The van der Waals surface area contributed by atoms with Gasteiger partial charge in [0.25, 0.3) is 0 Å². The van der Waals surface area contributed by atoms with Crippen LogP contribution in [0.15, 0.2) is 24.3 Å². The Labute approximate surface area is 57.8 Å². The monoisotopic (exact) mass is 124 g/mol. The number of rotatable bonds is 1. The molecule has 0 saturated carbocycles. The van der Waals surface area contributed by atoms with Gasteiger partial charge in [0, 0.05) is 0 Å². The molecule has 0 fully saturated rings. The van der Waals surface area contributed by atoms with Crippen LogP contribution < -0.4 is 0 Å².